The Morgan fingerprint density at radius 3 is 2.68 bits per heavy atom. The van der Waals surface area contributed by atoms with Crippen molar-refractivity contribution in [1.82, 2.24) is 5.32 Å². The van der Waals surface area contributed by atoms with Crippen LogP contribution in [0.3, 0.4) is 0 Å². The van der Waals surface area contributed by atoms with Gasteiger partial charge in [0.15, 0.2) is 0 Å². The molecule has 1 aliphatic heterocycles. The number of halogens is 1. The molecule has 3 unspecified atom stereocenters. The molecule has 2 rings (SSSR count). The fraction of sp³-hybridized carbons (Fsp3) is 0.625. The highest BCUT2D eigenvalue weighted by Crippen LogP contribution is 2.28. The van der Waals surface area contributed by atoms with Crippen molar-refractivity contribution in [1.29, 1.82) is 0 Å². The molecule has 0 saturated carbocycles. The van der Waals surface area contributed by atoms with Gasteiger partial charge in [-0.05, 0) is 43.5 Å². The fourth-order valence-corrected chi connectivity index (χ4v) is 3.18. The standard InChI is InChI=1S/C16H24ClNO/c1-3-16-14(9-10-19-16)15(18-4-2)11-12-5-7-13(17)8-6-12/h5-8,14-16,18H,3-4,9-11H2,1-2H3. The Balaban J connectivity index is 2.04. The fourth-order valence-electron chi connectivity index (χ4n) is 3.06. The third-order valence-electron chi connectivity index (χ3n) is 4.02. The molecular formula is C16H24ClNO. The van der Waals surface area contributed by atoms with Gasteiger partial charge in [-0.15, -0.1) is 0 Å². The Bertz CT molecular complexity index is 379. The maximum atomic E-state index is 5.95. The second-order valence-corrected chi connectivity index (χ2v) is 5.70. The quantitative estimate of drug-likeness (QED) is 0.859. The molecule has 1 N–H and O–H groups in total. The number of rotatable bonds is 6. The molecule has 1 heterocycles. The molecule has 19 heavy (non-hydrogen) atoms. The van der Waals surface area contributed by atoms with Crippen LogP contribution in [0.25, 0.3) is 0 Å². The van der Waals surface area contributed by atoms with Gasteiger partial charge in [0, 0.05) is 23.6 Å². The lowest BCUT2D eigenvalue weighted by molar-refractivity contribution is 0.0776. The van der Waals surface area contributed by atoms with Gasteiger partial charge in [-0.1, -0.05) is 37.6 Å². The molecule has 1 aromatic rings. The summed E-state index contributed by atoms with van der Waals surface area (Å²) in [4.78, 5) is 0. The van der Waals surface area contributed by atoms with Gasteiger partial charge in [-0.25, -0.2) is 0 Å². The lowest BCUT2D eigenvalue weighted by Crippen LogP contribution is -2.41. The van der Waals surface area contributed by atoms with E-state index in [4.69, 9.17) is 16.3 Å². The number of nitrogens with one attached hydrogen (secondary N) is 1. The highest BCUT2D eigenvalue weighted by molar-refractivity contribution is 6.30. The number of hydrogen-bond acceptors (Lipinski definition) is 2. The molecule has 0 radical (unpaired) electrons. The monoisotopic (exact) mass is 281 g/mol. The lowest BCUT2D eigenvalue weighted by atomic mass is 9.87. The summed E-state index contributed by atoms with van der Waals surface area (Å²) in [5.74, 6) is 0.626. The summed E-state index contributed by atoms with van der Waals surface area (Å²) >= 11 is 5.95. The van der Waals surface area contributed by atoms with Gasteiger partial charge < -0.3 is 10.1 Å². The summed E-state index contributed by atoms with van der Waals surface area (Å²) in [5.41, 5.74) is 1.34. The molecule has 1 aliphatic rings. The lowest BCUT2D eigenvalue weighted by Gasteiger charge is -2.28. The van der Waals surface area contributed by atoms with Crippen molar-refractivity contribution in [3.63, 3.8) is 0 Å². The van der Waals surface area contributed by atoms with Crippen LogP contribution in [0, 0.1) is 5.92 Å². The van der Waals surface area contributed by atoms with Crippen LogP contribution >= 0.6 is 11.6 Å². The summed E-state index contributed by atoms with van der Waals surface area (Å²) in [6.45, 7) is 6.30. The molecule has 0 aliphatic carbocycles. The first kappa shape index (κ1) is 14.8. The van der Waals surface area contributed by atoms with E-state index >= 15 is 0 Å². The van der Waals surface area contributed by atoms with Crippen LogP contribution in [0.15, 0.2) is 24.3 Å². The van der Waals surface area contributed by atoms with E-state index in [2.05, 4.69) is 31.3 Å². The molecule has 0 aromatic heterocycles. The zero-order valence-corrected chi connectivity index (χ0v) is 12.6. The van der Waals surface area contributed by atoms with Gasteiger partial charge in [0.2, 0.25) is 0 Å². The van der Waals surface area contributed by atoms with E-state index in [-0.39, 0.29) is 0 Å². The number of benzene rings is 1. The Morgan fingerprint density at radius 2 is 2.05 bits per heavy atom. The normalized spacial score (nSPS) is 24.6. The van der Waals surface area contributed by atoms with E-state index in [1.807, 2.05) is 12.1 Å². The third-order valence-corrected chi connectivity index (χ3v) is 4.27. The van der Waals surface area contributed by atoms with E-state index in [1.54, 1.807) is 0 Å². The van der Waals surface area contributed by atoms with Crippen LogP contribution in [0.4, 0.5) is 0 Å². The molecule has 1 aromatic carbocycles. The van der Waals surface area contributed by atoms with E-state index in [9.17, 15) is 0 Å². The molecule has 0 amide bonds. The summed E-state index contributed by atoms with van der Waals surface area (Å²) in [6, 6.07) is 8.70. The molecule has 106 valence electrons. The van der Waals surface area contributed by atoms with Gasteiger partial charge in [0.05, 0.1) is 6.10 Å². The molecule has 2 nitrogen and oxygen atoms in total. The molecular weight excluding hydrogens is 258 g/mol. The van der Waals surface area contributed by atoms with Crippen LogP contribution < -0.4 is 5.32 Å². The Morgan fingerprint density at radius 1 is 1.32 bits per heavy atom. The van der Waals surface area contributed by atoms with Gasteiger partial charge in [-0.3, -0.25) is 0 Å². The minimum absolute atomic E-state index is 0.413. The van der Waals surface area contributed by atoms with Crippen LogP contribution in [-0.4, -0.2) is 25.3 Å². The third kappa shape index (κ3) is 3.95. The van der Waals surface area contributed by atoms with E-state index < -0.39 is 0 Å². The average molecular weight is 282 g/mol. The molecule has 3 atom stereocenters. The minimum atomic E-state index is 0.413. The first-order valence-corrected chi connectivity index (χ1v) is 7.71. The zero-order chi connectivity index (χ0) is 13.7. The maximum absolute atomic E-state index is 5.95. The van der Waals surface area contributed by atoms with Crippen molar-refractivity contribution in [3.05, 3.63) is 34.9 Å². The second kappa shape index (κ2) is 7.28. The highest BCUT2D eigenvalue weighted by Gasteiger charge is 2.33. The number of likely N-dealkylation sites (N-methyl/N-ethyl adjacent to an activating group) is 1. The second-order valence-electron chi connectivity index (χ2n) is 5.26. The maximum Gasteiger partial charge on any atom is 0.0616 e. The van der Waals surface area contributed by atoms with Gasteiger partial charge in [0.25, 0.3) is 0 Å². The van der Waals surface area contributed by atoms with Crippen molar-refractivity contribution < 1.29 is 4.74 Å². The predicted octanol–water partition coefficient (Wildman–Crippen LogP) is 3.68. The SMILES string of the molecule is CCNC(Cc1ccc(Cl)cc1)C1CCOC1CC. The highest BCUT2D eigenvalue weighted by atomic mass is 35.5. The smallest absolute Gasteiger partial charge is 0.0616 e. The predicted molar refractivity (Wildman–Crippen MR) is 80.8 cm³/mol. The topological polar surface area (TPSA) is 21.3 Å². The van der Waals surface area contributed by atoms with Gasteiger partial charge >= 0.3 is 0 Å². The van der Waals surface area contributed by atoms with E-state index in [1.165, 1.54) is 12.0 Å². The summed E-state index contributed by atoms with van der Waals surface area (Å²) < 4.78 is 5.84. The first-order valence-electron chi connectivity index (χ1n) is 7.34. The summed E-state index contributed by atoms with van der Waals surface area (Å²) in [6.07, 6.45) is 3.74. The first-order chi connectivity index (χ1) is 9.24. The molecule has 1 fully saturated rings. The van der Waals surface area contributed by atoms with E-state index in [0.29, 0.717) is 18.1 Å². The summed E-state index contributed by atoms with van der Waals surface area (Å²) in [7, 11) is 0. The van der Waals surface area contributed by atoms with Crippen molar-refractivity contribution in [2.75, 3.05) is 13.2 Å². The number of hydrogen-bond donors (Lipinski definition) is 1. The van der Waals surface area contributed by atoms with Crippen molar-refractivity contribution >= 4 is 11.6 Å². The Labute approximate surface area is 121 Å². The van der Waals surface area contributed by atoms with Crippen molar-refractivity contribution in [2.45, 2.75) is 45.3 Å². The average Bonchev–Trinajstić information content (AvgIpc) is 2.89. The molecule has 0 spiro atoms. The van der Waals surface area contributed by atoms with E-state index in [0.717, 1.165) is 31.0 Å². The molecule has 0 bridgehead atoms. The Hall–Kier alpha value is -0.570. The van der Waals surface area contributed by atoms with Crippen LogP contribution in [0.2, 0.25) is 5.02 Å². The zero-order valence-electron chi connectivity index (χ0n) is 11.9. The molecule has 3 heteroatoms. The van der Waals surface area contributed by atoms with Crippen molar-refractivity contribution in [3.8, 4) is 0 Å². The van der Waals surface area contributed by atoms with Crippen LogP contribution in [-0.2, 0) is 11.2 Å². The van der Waals surface area contributed by atoms with Gasteiger partial charge in [0.1, 0.15) is 0 Å². The largest absolute Gasteiger partial charge is 0.378 e. The van der Waals surface area contributed by atoms with Gasteiger partial charge in [-0.2, -0.15) is 0 Å². The van der Waals surface area contributed by atoms with Crippen LogP contribution in [0.5, 0.6) is 0 Å². The summed E-state index contributed by atoms with van der Waals surface area (Å²) in [5, 5.41) is 4.44. The minimum Gasteiger partial charge on any atom is -0.378 e. The van der Waals surface area contributed by atoms with Crippen LogP contribution in [0.1, 0.15) is 32.3 Å². The number of ether oxygens (including phenoxy) is 1. The molecule has 1 saturated heterocycles. The van der Waals surface area contributed by atoms with Crippen molar-refractivity contribution in [2.24, 2.45) is 5.92 Å². The Kier molecular flexibility index (Phi) is 5.68.